The van der Waals surface area contributed by atoms with Crippen LogP contribution < -0.4 is 14.4 Å². The summed E-state index contributed by atoms with van der Waals surface area (Å²) in [6, 6.07) is 30.2. The molecule has 9 heteroatoms. The van der Waals surface area contributed by atoms with Crippen LogP contribution in [0.2, 0.25) is 0 Å². The van der Waals surface area contributed by atoms with Crippen LogP contribution in [0.5, 0.6) is 17.2 Å². The van der Waals surface area contributed by atoms with Crippen LogP contribution in [-0.2, 0) is 16.2 Å². The molecule has 1 saturated heterocycles. The number of aromatic nitrogens is 2. The van der Waals surface area contributed by atoms with Crippen LogP contribution in [0, 0.1) is 13.8 Å². The lowest BCUT2D eigenvalue weighted by Crippen LogP contribution is -2.29. The Bertz CT molecular complexity index is 1830. The Kier molecular flexibility index (Phi) is 7.72. The molecule has 1 fully saturated rings. The lowest BCUT2D eigenvalue weighted by molar-refractivity contribution is -0.132. The molecule has 1 amide bonds. The molecule has 214 valence electrons. The Morgan fingerprint density at radius 1 is 0.837 bits per heavy atom. The van der Waals surface area contributed by atoms with Crippen LogP contribution in [0.25, 0.3) is 5.76 Å². The predicted octanol–water partition coefficient (Wildman–Crippen LogP) is 7.15. The van der Waals surface area contributed by atoms with Crippen molar-refractivity contribution in [3.63, 3.8) is 0 Å². The van der Waals surface area contributed by atoms with Gasteiger partial charge in [-0.15, -0.1) is 10.2 Å². The second kappa shape index (κ2) is 11.9. The molecule has 2 heterocycles. The monoisotopic (exact) mass is 589 g/mol. The fraction of sp³-hybridized carbons (Fsp3) is 0.118. The summed E-state index contributed by atoms with van der Waals surface area (Å²) in [5.74, 6) is -0.160. The van der Waals surface area contributed by atoms with Crippen LogP contribution in [0.15, 0.2) is 109 Å². The van der Waals surface area contributed by atoms with Crippen LogP contribution in [0.4, 0.5) is 5.13 Å². The zero-order chi connectivity index (χ0) is 29.9. The van der Waals surface area contributed by atoms with E-state index in [1.54, 1.807) is 55.5 Å². The number of rotatable bonds is 8. The third kappa shape index (κ3) is 5.89. The average Bonchev–Trinajstić information content (AvgIpc) is 3.56. The summed E-state index contributed by atoms with van der Waals surface area (Å²) in [5, 5.41) is 20.6. The first-order valence-corrected chi connectivity index (χ1v) is 14.4. The van der Waals surface area contributed by atoms with E-state index in [4.69, 9.17) is 9.47 Å². The van der Waals surface area contributed by atoms with Gasteiger partial charge in [-0.05, 0) is 73.5 Å². The van der Waals surface area contributed by atoms with Gasteiger partial charge >= 0.3 is 5.91 Å². The van der Waals surface area contributed by atoms with Crippen molar-refractivity contribution in [2.45, 2.75) is 26.5 Å². The van der Waals surface area contributed by atoms with Gasteiger partial charge in [0.2, 0.25) is 5.13 Å². The van der Waals surface area contributed by atoms with E-state index < -0.39 is 17.7 Å². The molecule has 1 aromatic heterocycles. The van der Waals surface area contributed by atoms with Crippen molar-refractivity contribution in [1.29, 1.82) is 0 Å². The van der Waals surface area contributed by atoms with Gasteiger partial charge in [-0.1, -0.05) is 71.5 Å². The van der Waals surface area contributed by atoms with Crippen LogP contribution in [0.3, 0.4) is 0 Å². The minimum Gasteiger partial charge on any atom is -0.507 e. The van der Waals surface area contributed by atoms with E-state index in [1.165, 1.54) is 16.2 Å². The molecular weight excluding hydrogens is 562 g/mol. The number of ether oxygens (including phenoxy) is 2. The number of benzene rings is 4. The molecule has 6 rings (SSSR count). The topological polar surface area (TPSA) is 102 Å². The van der Waals surface area contributed by atoms with E-state index in [0.29, 0.717) is 40.0 Å². The number of anilines is 1. The SMILES string of the molecule is Cc1cccc(COc2ccc(/C(O)=C3/C(=O)C(=O)N(c4nnc(C)s4)C3c3cccc(Oc4ccccc4)c3)cc2)c1. The van der Waals surface area contributed by atoms with Gasteiger partial charge in [0.25, 0.3) is 5.78 Å². The number of amides is 1. The van der Waals surface area contributed by atoms with Crippen molar-refractivity contribution in [3.05, 3.63) is 136 Å². The van der Waals surface area contributed by atoms with Gasteiger partial charge in [-0.25, -0.2) is 0 Å². The zero-order valence-electron chi connectivity index (χ0n) is 23.4. The third-order valence-electron chi connectivity index (χ3n) is 6.93. The predicted molar refractivity (Wildman–Crippen MR) is 164 cm³/mol. The average molecular weight is 590 g/mol. The molecule has 0 spiro atoms. The second-order valence-electron chi connectivity index (χ2n) is 10.1. The summed E-state index contributed by atoms with van der Waals surface area (Å²) in [6.07, 6.45) is 0. The lowest BCUT2D eigenvalue weighted by atomic mass is 9.95. The zero-order valence-corrected chi connectivity index (χ0v) is 24.2. The number of Topliss-reactive ketones (excluding diaryl/α,β-unsaturated/α-hetero) is 1. The van der Waals surface area contributed by atoms with Gasteiger partial charge in [0, 0.05) is 5.56 Å². The summed E-state index contributed by atoms with van der Waals surface area (Å²) in [6.45, 7) is 4.18. The molecule has 43 heavy (non-hydrogen) atoms. The number of carbonyl (C=O) groups excluding carboxylic acids is 2. The summed E-state index contributed by atoms with van der Waals surface area (Å²) < 4.78 is 11.9. The van der Waals surface area contributed by atoms with Gasteiger partial charge < -0.3 is 14.6 Å². The Balaban J connectivity index is 1.36. The smallest absolute Gasteiger partial charge is 0.301 e. The van der Waals surface area contributed by atoms with Crippen molar-refractivity contribution >= 4 is 33.9 Å². The highest BCUT2D eigenvalue weighted by molar-refractivity contribution is 7.15. The van der Waals surface area contributed by atoms with E-state index >= 15 is 0 Å². The fourth-order valence-corrected chi connectivity index (χ4v) is 5.65. The Hall–Kier alpha value is -5.28. The standard InChI is InChI=1S/C34H27N3O5S/c1-21-8-6-9-23(18-21)20-41-26-16-14-24(15-17-26)31(38)29-30(37(33(40)32(29)39)34-36-35-22(2)43-34)25-10-7-13-28(19-25)42-27-11-4-3-5-12-27/h3-19,30,38H,20H2,1-2H3/b31-29-. The number of aryl methyl sites for hydroxylation is 2. The third-order valence-corrected chi connectivity index (χ3v) is 7.77. The highest BCUT2D eigenvalue weighted by Crippen LogP contribution is 2.44. The Labute approximate surface area is 252 Å². The van der Waals surface area contributed by atoms with Crippen molar-refractivity contribution in [3.8, 4) is 17.2 Å². The van der Waals surface area contributed by atoms with E-state index in [0.717, 1.165) is 11.1 Å². The normalized spacial score (nSPS) is 16.0. The van der Waals surface area contributed by atoms with Gasteiger partial charge in [0.1, 0.15) is 34.6 Å². The number of aliphatic hydroxyl groups excluding tert-OH is 1. The van der Waals surface area contributed by atoms with E-state index in [-0.39, 0.29) is 16.5 Å². The van der Waals surface area contributed by atoms with Gasteiger partial charge in [0.05, 0.1) is 11.6 Å². The summed E-state index contributed by atoms with van der Waals surface area (Å²) in [7, 11) is 0. The molecule has 1 unspecified atom stereocenters. The highest BCUT2D eigenvalue weighted by atomic mass is 32.1. The summed E-state index contributed by atoms with van der Waals surface area (Å²) in [5.41, 5.74) is 3.07. The maximum Gasteiger partial charge on any atom is 0.301 e. The van der Waals surface area contributed by atoms with E-state index in [2.05, 4.69) is 16.3 Å². The molecule has 0 radical (unpaired) electrons. The van der Waals surface area contributed by atoms with Gasteiger partial charge in [0.15, 0.2) is 0 Å². The van der Waals surface area contributed by atoms with Crippen LogP contribution >= 0.6 is 11.3 Å². The minimum atomic E-state index is -0.955. The van der Waals surface area contributed by atoms with Crippen molar-refractivity contribution in [2.75, 3.05) is 4.90 Å². The highest BCUT2D eigenvalue weighted by Gasteiger charge is 2.48. The molecule has 8 nitrogen and oxygen atoms in total. The summed E-state index contributed by atoms with van der Waals surface area (Å²) in [4.78, 5) is 28.2. The van der Waals surface area contributed by atoms with Crippen LogP contribution in [-0.4, -0.2) is 27.0 Å². The molecule has 5 aromatic rings. The maximum absolute atomic E-state index is 13.5. The molecule has 0 aliphatic carbocycles. The van der Waals surface area contributed by atoms with Crippen molar-refractivity contribution < 1.29 is 24.2 Å². The maximum atomic E-state index is 13.5. The number of para-hydroxylation sites is 1. The van der Waals surface area contributed by atoms with E-state index in [1.807, 2.05) is 55.5 Å². The van der Waals surface area contributed by atoms with Gasteiger partial charge in [-0.3, -0.25) is 14.5 Å². The fourth-order valence-electron chi connectivity index (χ4n) is 4.93. The van der Waals surface area contributed by atoms with Crippen molar-refractivity contribution in [2.24, 2.45) is 0 Å². The number of carbonyl (C=O) groups is 2. The molecule has 0 bridgehead atoms. The number of aliphatic hydroxyl groups is 1. The summed E-state index contributed by atoms with van der Waals surface area (Å²) >= 11 is 1.19. The van der Waals surface area contributed by atoms with Crippen molar-refractivity contribution in [1.82, 2.24) is 10.2 Å². The molecule has 1 aliphatic rings. The van der Waals surface area contributed by atoms with E-state index in [9.17, 15) is 14.7 Å². The first-order chi connectivity index (χ1) is 20.9. The Morgan fingerprint density at radius 3 is 2.30 bits per heavy atom. The molecule has 1 aliphatic heterocycles. The lowest BCUT2D eigenvalue weighted by Gasteiger charge is -2.23. The molecule has 1 N–H and O–H groups in total. The number of hydrogen-bond donors (Lipinski definition) is 1. The van der Waals surface area contributed by atoms with Gasteiger partial charge in [-0.2, -0.15) is 0 Å². The first kappa shape index (κ1) is 27.9. The minimum absolute atomic E-state index is 0.0526. The molecule has 4 aromatic carbocycles. The number of hydrogen-bond acceptors (Lipinski definition) is 8. The molecular formula is C34H27N3O5S. The Morgan fingerprint density at radius 2 is 1.58 bits per heavy atom. The molecule has 0 saturated carbocycles. The molecule has 1 atom stereocenters. The largest absolute Gasteiger partial charge is 0.507 e. The first-order valence-electron chi connectivity index (χ1n) is 13.6. The quantitative estimate of drug-likeness (QED) is 0.116. The number of nitrogens with zero attached hydrogens (tertiary/aromatic N) is 3. The second-order valence-corrected chi connectivity index (χ2v) is 11.2. The number of ketones is 1. The van der Waals surface area contributed by atoms with Crippen LogP contribution in [0.1, 0.15) is 33.3 Å².